The summed E-state index contributed by atoms with van der Waals surface area (Å²) in [6, 6.07) is 3.55. The number of hydrogen-bond donors (Lipinski definition) is 1. The van der Waals surface area contributed by atoms with Crippen LogP contribution in [-0.2, 0) is 4.79 Å². The second-order valence-corrected chi connectivity index (χ2v) is 8.06. The maximum absolute atomic E-state index is 13.3. The van der Waals surface area contributed by atoms with E-state index in [4.69, 9.17) is 14.2 Å². The molecule has 4 saturated carbocycles. The van der Waals surface area contributed by atoms with Crippen LogP contribution in [0.15, 0.2) is 12.1 Å². The zero-order chi connectivity index (χ0) is 17.6. The summed E-state index contributed by atoms with van der Waals surface area (Å²) in [6.45, 7) is 0. The first kappa shape index (κ1) is 16.6. The highest BCUT2D eigenvalue weighted by atomic mass is 16.5. The van der Waals surface area contributed by atoms with Gasteiger partial charge in [-0.05, 0) is 56.3 Å². The van der Waals surface area contributed by atoms with Crippen LogP contribution in [0.3, 0.4) is 0 Å². The molecule has 0 aromatic heterocycles. The average molecular weight is 345 g/mol. The van der Waals surface area contributed by atoms with E-state index in [2.05, 4.69) is 5.32 Å². The first-order valence-corrected chi connectivity index (χ1v) is 9.18. The fourth-order valence-electron chi connectivity index (χ4n) is 5.76. The molecule has 4 aliphatic rings. The van der Waals surface area contributed by atoms with Gasteiger partial charge in [0.1, 0.15) is 22.9 Å². The molecular weight excluding hydrogens is 318 g/mol. The van der Waals surface area contributed by atoms with Gasteiger partial charge in [0.05, 0.1) is 26.7 Å². The maximum Gasteiger partial charge on any atom is 0.230 e. The number of anilines is 1. The minimum Gasteiger partial charge on any atom is -0.496 e. The Hall–Kier alpha value is -1.91. The van der Waals surface area contributed by atoms with Crippen LogP contribution in [0.2, 0.25) is 0 Å². The van der Waals surface area contributed by atoms with Crippen LogP contribution >= 0.6 is 0 Å². The van der Waals surface area contributed by atoms with Crippen molar-refractivity contribution in [2.75, 3.05) is 26.6 Å². The third-order valence-corrected chi connectivity index (χ3v) is 6.47. The molecule has 1 amide bonds. The molecule has 5 rings (SSSR count). The summed E-state index contributed by atoms with van der Waals surface area (Å²) in [4.78, 5) is 13.3. The number of hydrogen-bond acceptors (Lipinski definition) is 4. The lowest BCUT2D eigenvalue weighted by Crippen LogP contribution is -2.51. The number of amides is 1. The third kappa shape index (κ3) is 2.74. The molecule has 4 aliphatic carbocycles. The molecule has 0 aliphatic heterocycles. The predicted octanol–water partition coefficient (Wildman–Crippen LogP) is 3.87. The minimum absolute atomic E-state index is 0.133. The van der Waals surface area contributed by atoms with E-state index in [1.54, 1.807) is 33.5 Å². The fraction of sp³-hybridized carbons (Fsp3) is 0.650. The van der Waals surface area contributed by atoms with Crippen molar-refractivity contribution in [3.05, 3.63) is 12.1 Å². The molecule has 5 heteroatoms. The molecule has 1 aromatic carbocycles. The molecule has 0 saturated heterocycles. The SMILES string of the molecule is COc1cc(OC)c(NC(=O)C23CC4CC(CC(C4)C2)C3)c(OC)c1. The Labute approximate surface area is 149 Å². The summed E-state index contributed by atoms with van der Waals surface area (Å²) in [5.41, 5.74) is 0.400. The molecule has 0 unspecified atom stereocenters. The van der Waals surface area contributed by atoms with Crippen LogP contribution in [0.1, 0.15) is 38.5 Å². The van der Waals surface area contributed by atoms with Crippen LogP contribution in [0.4, 0.5) is 5.69 Å². The van der Waals surface area contributed by atoms with Crippen LogP contribution < -0.4 is 19.5 Å². The van der Waals surface area contributed by atoms with Crippen molar-refractivity contribution in [2.45, 2.75) is 38.5 Å². The Morgan fingerprint density at radius 1 is 0.920 bits per heavy atom. The molecule has 1 N–H and O–H groups in total. The second-order valence-electron chi connectivity index (χ2n) is 8.06. The highest BCUT2D eigenvalue weighted by Crippen LogP contribution is 2.60. The van der Waals surface area contributed by atoms with Gasteiger partial charge in [0.25, 0.3) is 0 Å². The van der Waals surface area contributed by atoms with Crippen LogP contribution in [0.25, 0.3) is 0 Å². The molecule has 1 aromatic rings. The van der Waals surface area contributed by atoms with E-state index < -0.39 is 0 Å². The summed E-state index contributed by atoms with van der Waals surface area (Å²) in [6.07, 6.45) is 7.06. The van der Waals surface area contributed by atoms with Crippen molar-refractivity contribution in [3.8, 4) is 17.2 Å². The number of rotatable bonds is 5. The van der Waals surface area contributed by atoms with Gasteiger partial charge in [0.15, 0.2) is 0 Å². The van der Waals surface area contributed by atoms with E-state index in [9.17, 15) is 4.79 Å². The van der Waals surface area contributed by atoms with Gasteiger partial charge in [-0.3, -0.25) is 4.79 Å². The monoisotopic (exact) mass is 345 g/mol. The van der Waals surface area contributed by atoms with Gasteiger partial charge in [0, 0.05) is 12.1 Å². The molecule has 25 heavy (non-hydrogen) atoms. The zero-order valence-corrected chi connectivity index (χ0v) is 15.3. The van der Waals surface area contributed by atoms with E-state index in [-0.39, 0.29) is 11.3 Å². The molecule has 0 heterocycles. The van der Waals surface area contributed by atoms with Crippen LogP contribution in [0.5, 0.6) is 17.2 Å². The number of benzene rings is 1. The first-order chi connectivity index (χ1) is 12.1. The molecule has 0 atom stereocenters. The lowest BCUT2D eigenvalue weighted by atomic mass is 9.49. The van der Waals surface area contributed by atoms with E-state index in [0.29, 0.717) is 22.9 Å². The lowest BCUT2D eigenvalue weighted by molar-refractivity contribution is -0.140. The smallest absolute Gasteiger partial charge is 0.230 e. The highest BCUT2D eigenvalue weighted by molar-refractivity contribution is 5.98. The molecule has 5 nitrogen and oxygen atoms in total. The van der Waals surface area contributed by atoms with Crippen molar-refractivity contribution >= 4 is 11.6 Å². The molecular formula is C20H27NO4. The van der Waals surface area contributed by atoms with Gasteiger partial charge in [0.2, 0.25) is 5.91 Å². The van der Waals surface area contributed by atoms with Gasteiger partial charge in [-0.1, -0.05) is 0 Å². The molecule has 0 radical (unpaired) electrons. The summed E-state index contributed by atoms with van der Waals surface area (Å²) >= 11 is 0. The van der Waals surface area contributed by atoms with Crippen molar-refractivity contribution in [2.24, 2.45) is 23.2 Å². The Morgan fingerprint density at radius 2 is 1.40 bits per heavy atom. The summed E-state index contributed by atoms with van der Waals surface area (Å²) in [7, 11) is 4.78. The molecule has 0 spiro atoms. The van der Waals surface area contributed by atoms with Crippen LogP contribution in [0, 0.1) is 23.2 Å². The fourth-order valence-corrected chi connectivity index (χ4v) is 5.76. The minimum atomic E-state index is -0.204. The molecule has 136 valence electrons. The normalized spacial score (nSPS) is 32.4. The van der Waals surface area contributed by atoms with E-state index in [1.165, 1.54) is 19.3 Å². The predicted molar refractivity (Wildman–Crippen MR) is 95.3 cm³/mol. The number of carbonyl (C=O) groups is 1. The number of carbonyl (C=O) groups excluding carboxylic acids is 1. The Balaban J connectivity index is 1.63. The summed E-state index contributed by atoms with van der Waals surface area (Å²) in [5.74, 6) is 4.10. The Bertz CT molecular complexity index is 624. The highest BCUT2D eigenvalue weighted by Gasteiger charge is 2.54. The summed E-state index contributed by atoms with van der Waals surface area (Å²) < 4.78 is 16.2. The second kappa shape index (κ2) is 6.11. The van der Waals surface area contributed by atoms with Crippen LogP contribution in [-0.4, -0.2) is 27.2 Å². The van der Waals surface area contributed by atoms with Gasteiger partial charge < -0.3 is 19.5 Å². The van der Waals surface area contributed by atoms with Crippen molar-refractivity contribution in [1.29, 1.82) is 0 Å². The topological polar surface area (TPSA) is 56.8 Å². The van der Waals surface area contributed by atoms with E-state index in [0.717, 1.165) is 37.0 Å². The van der Waals surface area contributed by atoms with E-state index in [1.807, 2.05) is 0 Å². The Kier molecular flexibility index (Phi) is 4.05. The summed E-state index contributed by atoms with van der Waals surface area (Å²) in [5, 5.41) is 3.14. The van der Waals surface area contributed by atoms with E-state index >= 15 is 0 Å². The van der Waals surface area contributed by atoms with Crippen molar-refractivity contribution < 1.29 is 19.0 Å². The number of methoxy groups -OCH3 is 3. The molecule has 4 bridgehead atoms. The lowest BCUT2D eigenvalue weighted by Gasteiger charge is -2.55. The maximum atomic E-state index is 13.3. The van der Waals surface area contributed by atoms with Gasteiger partial charge in [-0.2, -0.15) is 0 Å². The zero-order valence-electron chi connectivity index (χ0n) is 15.3. The van der Waals surface area contributed by atoms with Crippen molar-refractivity contribution in [3.63, 3.8) is 0 Å². The van der Waals surface area contributed by atoms with Gasteiger partial charge >= 0.3 is 0 Å². The van der Waals surface area contributed by atoms with Gasteiger partial charge in [-0.15, -0.1) is 0 Å². The van der Waals surface area contributed by atoms with Gasteiger partial charge in [-0.25, -0.2) is 0 Å². The standard InChI is InChI=1S/C20H27NO4/c1-23-15-7-16(24-2)18(17(8-15)25-3)21-19(22)20-9-12-4-13(10-20)6-14(5-12)11-20/h7-8,12-14H,4-6,9-11H2,1-3H3,(H,21,22). The third-order valence-electron chi connectivity index (χ3n) is 6.47. The Morgan fingerprint density at radius 3 is 1.80 bits per heavy atom. The molecule has 4 fully saturated rings. The average Bonchev–Trinajstić information content (AvgIpc) is 2.60. The number of ether oxygens (including phenoxy) is 3. The largest absolute Gasteiger partial charge is 0.496 e. The quantitative estimate of drug-likeness (QED) is 0.880. The first-order valence-electron chi connectivity index (χ1n) is 9.18. The number of nitrogens with one attached hydrogen (secondary N) is 1. The van der Waals surface area contributed by atoms with Crippen molar-refractivity contribution in [1.82, 2.24) is 0 Å².